The van der Waals surface area contributed by atoms with Crippen LogP contribution in [0.15, 0.2) is 24.3 Å². The summed E-state index contributed by atoms with van der Waals surface area (Å²) in [5.74, 6) is 1.09. The van der Waals surface area contributed by atoms with E-state index in [1.165, 1.54) is 17.5 Å². The van der Waals surface area contributed by atoms with E-state index in [1.54, 1.807) is 13.8 Å². The molecule has 0 unspecified atom stereocenters. The van der Waals surface area contributed by atoms with Crippen LogP contribution in [0.1, 0.15) is 82.3 Å². The second-order valence-electron chi connectivity index (χ2n) is 8.80. The molecule has 1 aromatic carbocycles. The Kier molecular flexibility index (Phi) is 5.48. The van der Waals surface area contributed by atoms with E-state index in [1.807, 2.05) is 0 Å². The van der Waals surface area contributed by atoms with E-state index >= 15 is 0 Å². The van der Waals surface area contributed by atoms with Gasteiger partial charge in [-0.15, -0.1) is 0 Å². The SMILES string of the molecule is CCC(=O)OC(OC(=O)CC)[C@@]12CCC[C@H]1[C@@H]1CCc3ccccc3[C@H]1CC2. The Morgan fingerprint density at radius 2 is 1.75 bits per heavy atom. The van der Waals surface area contributed by atoms with Gasteiger partial charge in [0.15, 0.2) is 0 Å². The number of benzene rings is 1. The van der Waals surface area contributed by atoms with Crippen LogP contribution in [-0.2, 0) is 25.5 Å². The Labute approximate surface area is 168 Å². The third-order valence-corrected chi connectivity index (χ3v) is 7.58. The maximum absolute atomic E-state index is 12.2. The minimum Gasteiger partial charge on any atom is -0.425 e. The van der Waals surface area contributed by atoms with E-state index in [2.05, 4.69) is 24.3 Å². The molecule has 0 radical (unpaired) electrons. The summed E-state index contributed by atoms with van der Waals surface area (Å²) in [5, 5.41) is 0. The number of ether oxygens (including phenoxy) is 2. The summed E-state index contributed by atoms with van der Waals surface area (Å²) < 4.78 is 11.6. The molecule has 4 nitrogen and oxygen atoms in total. The maximum atomic E-state index is 12.2. The van der Waals surface area contributed by atoms with E-state index in [-0.39, 0.29) is 17.4 Å². The van der Waals surface area contributed by atoms with Crippen molar-refractivity contribution in [2.75, 3.05) is 0 Å². The van der Waals surface area contributed by atoms with Gasteiger partial charge < -0.3 is 9.47 Å². The van der Waals surface area contributed by atoms with Crippen LogP contribution in [0.25, 0.3) is 0 Å². The smallest absolute Gasteiger partial charge is 0.308 e. The fraction of sp³-hybridized carbons (Fsp3) is 0.667. The molecule has 152 valence electrons. The molecule has 0 bridgehead atoms. The average molecular weight is 385 g/mol. The lowest BCUT2D eigenvalue weighted by atomic mass is 9.55. The predicted molar refractivity (Wildman–Crippen MR) is 107 cm³/mol. The zero-order chi connectivity index (χ0) is 19.7. The van der Waals surface area contributed by atoms with Gasteiger partial charge in [-0.2, -0.15) is 0 Å². The summed E-state index contributed by atoms with van der Waals surface area (Å²) in [5.41, 5.74) is 2.82. The first-order chi connectivity index (χ1) is 13.6. The first kappa shape index (κ1) is 19.5. The molecule has 0 heterocycles. The lowest BCUT2D eigenvalue weighted by molar-refractivity contribution is -0.228. The molecule has 0 saturated heterocycles. The number of esters is 2. The number of fused-ring (bicyclic) bond motifs is 5. The van der Waals surface area contributed by atoms with Crippen molar-refractivity contribution in [1.29, 1.82) is 0 Å². The van der Waals surface area contributed by atoms with Crippen LogP contribution in [0.3, 0.4) is 0 Å². The molecule has 0 spiro atoms. The third-order valence-electron chi connectivity index (χ3n) is 7.58. The standard InChI is InChI=1S/C24H32O4/c1-3-21(25)27-23(28-22(26)4-2)24-14-7-10-20(24)19-12-11-16-8-5-6-9-17(16)18(19)13-15-24/h5-6,8-9,18-20,23H,3-4,7,10-15H2,1-2H3/t18-,19-,20+,24-/m1/s1. The highest BCUT2D eigenvalue weighted by Gasteiger charge is 2.58. The molecule has 0 N–H and O–H groups in total. The Morgan fingerprint density at radius 1 is 1.04 bits per heavy atom. The van der Waals surface area contributed by atoms with Gasteiger partial charge >= 0.3 is 11.9 Å². The lowest BCUT2D eigenvalue weighted by Gasteiger charge is -2.52. The molecule has 4 rings (SSSR count). The van der Waals surface area contributed by atoms with Crippen molar-refractivity contribution in [3.05, 3.63) is 35.4 Å². The number of carbonyl (C=O) groups excluding carboxylic acids is 2. The first-order valence-corrected chi connectivity index (χ1v) is 11.1. The van der Waals surface area contributed by atoms with Gasteiger partial charge in [0.1, 0.15) is 0 Å². The monoisotopic (exact) mass is 384 g/mol. The second kappa shape index (κ2) is 7.88. The van der Waals surface area contributed by atoms with Crippen LogP contribution in [-0.4, -0.2) is 18.2 Å². The molecule has 3 aliphatic carbocycles. The molecule has 2 saturated carbocycles. The zero-order valence-corrected chi connectivity index (χ0v) is 17.1. The van der Waals surface area contributed by atoms with Gasteiger partial charge in [0.2, 0.25) is 0 Å². The number of aryl methyl sites for hydroxylation is 1. The molecular weight excluding hydrogens is 352 g/mol. The molecule has 0 amide bonds. The van der Waals surface area contributed by atoms with E-state index in [9.17, 15) is 9.59 Å². The largest absolute Gasteiger partial charge is 0.425 e. The highest BCUT2D eigenvalue weighted by atomic mass is 16.7. The fourth-order valence-electron chi connectivity index (χ4n) is 6.30. The normalized spacial score (nSPS) is 30.9. The molecule has 2 fully saturated rings. The molecule has 0 aliphatic heterocycles. The quantitative estimate of drug-likeness (QED) is 0.521. The van der Waals surface area contributed by atoms with Gasteiger partial charge in [-0.25, -0.2) is 0 Å². The van der Waals surface area contributed by atoms with Crippen molar-refractivity contribution < 1.29 is 19.1 Å². The predicted octanol–water partition coefficient (Wildman–Crippen LogP) is 5.15. The van der Waals surface area contributed by atoms with Gasteiger partial charge in [0, 0.05) is 18.3 Å². The molecule has 28 heavy (non-hydrogen) atoms. The van der Waals surface area contributed by atoms with Crippen LogP contribution in [0.2, 0.25) is 0 Å². The van der Waals surface area contributed by atoms with Crippen molar-refractivity contribution >= 4 is 11.9 Å². The zero-order valence-electron chi connectivity index (χ0n) is 17.1. The molecule has 4 heteroatoms. The topological polar surface area (TPSA) is 52.6 Å². The summed E-state index contributed by atoms with van der Waals surface area (Å²) in [6, 6.07) is 8.88. The molecule has 0 aromatic heterocycles. The van der Waals surface area contributed by atoms with Crippen molar-refractivity contribution in [2.45, 2.75) is 83.8 Å². The van der Waals surface area contributed by atoms with E-state index in [0.29, 0.717) is 30.6 Å². The van der Waals surface area contributed by atoms with Crippen LogP contribution in [0, 0.1) is 17.3 Å². The highest BCUT2D eigenvalue weighted by Crippen LogP contribution is 2.63. The minimum absolute atomic E-state index is 0.205. The van der Waals surface area contributed by atoms with E-state index in [0.717, 1.165) is 38.5 Å². The number of hydrogen-bond donors (Lipinski definition) is 0. The van der Waals surface area contributed by atoms with Gasteiger partial charge in [-0.1, -0.05) is 44.5 Å². The Balaban J connectivity index is 1.65. The number of hydrogen-bond acceptors (Lipinski definition) is 4. The second-order valence-corrected chi connectivity index (χ2v) is 8.80. The lowest BCUT2D eigenvalue weighted by Crippen LogP contribution is -2.50. The van der Waals surface area contributed by atoms with Crippen molar-refractivity contribution in [2.24, 2.45) is 17.3 Å². The number of rotatable bonds is 5. The number of carbonyl (C=O) groups is 2. The summed E-state index contributed by atoms with van der Waals surface area (Å²) in [4.78, 5) is 24.3. The van der Waals surface area contributed by atoms with Crippen LogP contribution >= 0.6 is 0 Å². The molecule has 1 aromatic rings. The minimum atomic E-state index is -0.724. The van der Waals surface area contributed by atoms with Crippen LogP contribution < -0.4 is 0 Å². The summed E-state index contributed by atoms with van der Waals surface area (Å²) in [6.07, 6.45) is 7.50. The fourth-order valence-corrected chi connectivity index (χ4v) is 6.30. The average Bonchev–Trinajstić information content (AvgIpc) is 3.18. The third kappa shape index (κ3) is 3.25. The van der Waals surface area contributed by atoms with Gasteiger partial charge in [-0.3, -0.25) is 9.59 Å². The van der Waals surface area contributed by atoms with Gasteiger partial charge in [0.25, 0.3) is 6.29 Å². The Morgan fingerprint density at radius 3 is 2.46 bits per heavy atom. The molecule has 4 atom stereocenters. The highest BCUT2D eigenvalue weighted by molar-refractivity contribution is 5.71. The van der Waals surface area contributed by atoms with Gasteiger partial charge in [-0.05, 0) is 67.4 Å². The maximum Gasteiger partial charge on any atom is 0.308 e. The first-order valence-electron chi connectivity index (χ1n) is 11.1. The Bertz CT molecular complexity index is 724. The van der Waals surface area contributed by atoms with Crippen LogP contribution in [0.4, 0.5) is 0 Å². The molecule has 3 aliphatic rings. The van der Waals surface area contributed by atoms with E-state index in [4.69, 9.17) is 9.47 Å². The summed E-state index contributed by atoms with van der Waals surface area (Å²) in [7, 11) is 0. The summed E-state index contributed by atoms with van der Waals surface area (Å²) >= 11 is 0. The van der Waals surface area contributed by atoms with Crippen LogP contribution in [0.5, 0.6) is 0 Å². The van der Waals surface area contributed by atoms with Crippen molar-refractivity contribution in [3.63, 3.8) is 0 Å². The summed E-state index contributed by atoms with van der Waals surface area (Å²) in [6.45, 7) is 3.58. The van der Waals surface area contributed by atoms with Crippen molar-refractivity contribution in [3.8, 4) is 0 Å². The van der Waals surface area contributed by atoms with Crippen molar-refractivity contribution in [1.82, 2.24) is 0 Å². The molecular formula is C24H32O4. The van der Waals surface area contributed by atoms with Gasteiger partial charge in [0.05, 0.1) is 0 Å². The van der Waals surface area contributed by atoms with E-state index < -0.39 is 6.29 Å². The Hall–Kier alpha value is -1.84.